The number of anilines is 2. The second kappa shape index (κ2) is 9.11. The van der Waals surface area contributed by atoms with E-state index in [0.717, 1.165) is 5.69 Å². The highest BCUT2D eigenvalue weighted by Gasteiger charge is 2.10. The van der Waals surface area contributed by atoms with E-state index in [1.165, 1.54) is 5.56 Å². The van der Waals surface area contributed by atoms with Gasteiger partial charge in [0, 0.05) is 5.69 Å². The van der Waals surface area contributed by atoms with Crippen molar-refractivity contribution in [2.24, 2.45) is 5.92 Å². The largest absolute Gasteiger partial charge is 0.491 e. The van der Waals surface area contributed by atoms with E-state index >= 15 is 0 Å². The zero-order valence-corrected chi connectivity index (χ0v) is 15.5. The predicted octanol–water partition coefficient (Wildman–Crippen LogP) is 4.90. The van der Waals surface area contributed by atoms with Crippen LogP contribution in [0, 0.1) is 5.92 Å². The zero-order chi connectivity index (χ0) is 18.2. The van der Waals surface area contributed by atoms with Gasteiger partial charge in [0.25, 0.3) is 0 Å². The SMILES string of the molecule is CC(C)COc1ccccc1NC(=O)CNc1ccccc1C(C)C. The molecule has 4 nitrogen and oxygen atoms in total. The number of carbonyl (C=O) groups excluding carboxylic acids is 1. The minimum Gasteiger partial charge on any atom is -0.491 e. The Bertz CT molecular complexity index is 696. The van der Waals surface area contributed by atoms with Crippen LogP contribution in [0.4, 0.5) is 11.4 Å². The lowest BCUT2D eigenvalue weighted by Crippen LogP contribution is -2.22. The zero-order valence-electron chi connectivity index (χ0n) is 15.5. The van der Waals surface area contributed by atoms with Crippen molar-refractivity contribution in [3.05, 3.63) is 54.1 Å². The minimum atomic E-state index is -0.0980. The number of hydrogen-bond acceptors (Lipinski definition) is 3. The average Bonchev–Trinajstić information content (AvgIpc) is 2.59. The second-order valence-corrected chi connectivity index (χ2v) is 6.84. The molecule has 0 aliphatic carbocycles. The Morgan fingerprint density at radius 3 is 2.28 bits per heavy atom. The molecule has 1 amide bonds. The van der Waals surface area contributed by atoms with Crippen molar-refractivity contribution >= 4 is 17.3 Å². The fourth-order valence-electron chi connectivity index (χ4n) is 2.48. The molecule has 0 heterocycles. The van der Waals surface area contributed by atoms with Gasteiger partial charge in [-0.15, -0.1) is 0 Å². The first-order chi connectivity index (χ1) is 12.0. The number of amides is 1. The van der Waals surface area contributed by atoms with Crippen LogP contribution in [-0.2, 0) is 4.79 Å². The first-order valence-corrected chi connectivity index (χ1v) is 8.82. The molecule has 0 unspecified atom stereocenters. The standard InChI is InChI=1S/C21H28N2O2/c1-15(2)14-25-20-12-8-7-11-19(20)23-21(24)13-22-18-10-6-5-9-17(18)16(3)4/h5-12,15-16,22H,13-14H2,1-4H3,(H,23,24). The lowest BCUT2D eigenvalue weighted by Gasteiger charge is -2.16. The quantitative estimate of drug-likeness (QED) is 0.719. The van der Waals surface area contributed by atoms with Crippen LogP contribution < -0.4 is 15.4 Å². The predicted molar refractivity (Wildman–Crippen MR) is 104 cm³/mol. The van der Waals surface area contributed by atoms with Crippen LogP contribution >= 0.6 is 0 Å². The topological polar surface area (TPSA) is 50.4 Å². The molecule has 0 aliphatic heterocycles. The Morgan fingerprint density at radius 1 is 0.960 bits per heavy atom. The Labute approximate surface area is 150 Å². The van der Waals surface area contributed by atoms with Crippen molar-refractivity contribution in [2.75, 3.05) is 23.8 Å². The van der Waals surface area contributed by atoms with Crippen molar-refractivity contribution in [1.29, 1.82) is 0 Å². The van der Waals surface area contributed by atoms with Crippen molar-refractivity contribution in [3.8, 4) is 5.75 Å². The summed E-state index contributed by atoms with van der Waals surface area (Å²) in [5.74, 6) is 1.43. The van der Waals surface area contributed by atoms with Gasteiger partial charge in [-0.3, -0.25) is 4.79 Å². The molecule has 0 bridgehead atoms. The van der Waals surface area contributed by atoms with Gasteiger partial charge < -0.3 is 15.4 Å². The van der Waals surface area contributed by atoms with Gasteiger partial charge in [0.2, 0.25) is 5.91 Å². The van der Waals surface area contributed by atoms with Gasteiger partial charge in [-0.2, -0.15) is 0 Å². The molecule has 0 radical (unpaired) electrons. The van der Waals surface area contributed by atoms with Gasteiger partial charge in [-0.05, 0) is 35.6 Å². The maximum absolute atomic E-state index is 12.3. The van der Waals surface area contributed by atoms with E-state index in [2.05, 4.69) is 44.4 Å². The van der Waals surface area contributed by atoms with Crippen LogP contribution in [0.2, 0.25) is 0 Å². The normalized spacial score (nSPS) is 10.8. The molecule has 0 fully saturated rings. The average molecular weight is 340 g/mol. The molecule has 2 rings (SSSR count). The molecule has 25 heavy (non-hydrogen) atoms. The summed E-state index contributed by atoms with van der Waals surface area (Å²) in [5.41, 5.74) is 2.90. The molecule has 0 saturated heterocycles. The van der Waals surface area contributed by atoms with Crippen molar-refractivity contribution < 1.29 is 9.53 Å². The third kappa shape index (κ3) is 5.82. The number of nitrogens with one attached hydrogen (secondary N) is 2. The summed E-state index contributed by atoms with van der Waals surface area (Å²) in [7, 11) is 0. The third-order valence-corrected chi connectivity index (χ3v) is 3.76. The fourth-order valence-corrected chi connectivity index (χ4v) is 2.48. The van der Waals surface area contributed by atoms with Gasteiger partial charge in [0.05, 0.1) is 18.8 Å². The summed E-state index contributed by atoms with van der Waals surface area (Å²) in [6.45, 7) is 9.30. The lowest BCUT2D eigenvalue weighted by atomic mass is 10.0. The summed E-state index contributed by atoms with van der Waals surface area (Å²) in [4.78, 5) is 12.3. The Kier molecular flexibility index (Phi) is 6.87. The summed E-state index contributed by atoms with van der Waals surface area (Å²) < 4.78 is 5.78. The minimum absolute atomic E-state index is 0.0980. The molecule has 0 aliphatic rings. The van der Waals surface area contributed by atoms with Crippen LogP contribution in [0.15, 0.2) is 48.5 Å². The number of carbonyl (C=O) groups is 1. The van der Waals surface area contributed by atoms with Gasteiger partial charge in [-0.1, -0.05) is 58.0 Å². The molecule has 0 saturated carbocycles. The molecule has 2 aromatic carbocycles. The number of rotatable bonds is 8. The number of para-hydroxylation sites is 3. The molecular formula is C21H28N2O2. The highest BCUT2D eigenvalue weighted by Crippen LogP contribution is 2.25. The van der Waals surface area contributed by atoms with Crippen LogP contribution in [0.1, 0.15) is 39.2 Å². The molecular weight excluding hydrogens is 312 g/mol. The molecule has 0 aromatic heterocycles. The highest BCUT2D eigenvalue weighted by molar-refractivity contribution is 5.95. The summed E-state index contributed by atoms with van der Waals surface area (Å²) in [6, 6.07) is 15.6. The van der Waals surface area contributed by atoms with Crippen LogP contribution in [0.5, 0.6) is 5.75 Å². The maximum Gasteiger partial charge on any atom is 0.243 e. The van der Waals surface area contributed by atoms with E-state index in [4.69, 9.17) is 4.74 Å². The second-order valence-electron chi connectivity index (χ2n) is 6.84. The van der Waals surface area contributed by atoms with Crippen molar-refractivity contribution in [3.63, 3.8) is 0 Å². The Morgan fingerprint density at radius 2 is 1.60 bits per heavy atom. The third-order valence-electron chi connectivity index (χ3n) is 3.76. The molecule has 0 spiro atoms. The monoisotopic (exact) mass is 340 g/mol. The molecule has 2 N–H and O–H groups in total. The number of hydrogen-bond donors (Lipinski definition) is 2. The first-order valence-electron chi connectivity index (χ1n) is 8.82. The molecule has 0 atom stereocenters. The van der Waals surface area contributed by atoms with E-state index < -0.39 is 0 Å². The number of ether oxygens (including phenoxy) is 1. The van der Waals surface area contributed by atoms with Crippen molar-refractivity contribution in [1.82, 2.24) is 0 Å². The summed E-state index contributed by atoms with van der Waals surface area (Å²) >= 11 is 0. The molecule has 134 valence electrons. The molecule has 4 heteroatoms. The van der Waals surface area contributed by atoms with E-state index in [0.29, 0.717) is 29.9 Å². The van der Waals surface area contributed by atoms with Gasteiger partial charge in [-0.25, -0.2) is 0 Å². The van der Waals surface area contributed by atoms with E-state index in [1.807, 2.05) is 42.5 Å². The maximum atomic E-state index is 12.3. The van der Waals surface area contributed by atoms with E-state index in [9.17, 15) is 4.79 Å². The first kappa shape index (κ1) is 18.8. The van der Waals surface area contributed by atoms with E-state index in [1.54, 1.807) is 0 Å². The summed E-state index contributed by atoms with van der Waals surface area (Å²) in [5, 5.41) is 6.16. The van der Waals surface area contributed by atoms with Gasteiger partial charge in [0.1, 0.15) is 5.75 Å². The van der Waals surface area contributed by atoms with Crippen LogP contribution in [0.3, 0.4) is 0 Å². The smallest absolute Gasteiger partial charge is 0.243 e. The molecule has 2 aromatic rings. The highest BCUT2D eigenvalue weighted by atomic mass is 16.5. The Balaban J connectivity index is 1.97. The lowest BCUT2D eigenvalue weighted by molar-refractivity contribution is -0.114. The number of benzene rings is 2. The van der Waals surface area contributed by atoms with E-state index in [-0.39, 0.29) is 12.5 Å². The van der Waals surface area contributed by atoms with Crippen LogP contribution in [0.25, 0.3) is 0 Å². The summed E-state index contributed by atoms with van der Waals surface area (Å²) in [6.07, 6.45) is 0. The van der Waals surface area contributed by atoms with Crippen LogP contribution in [-0.4, -0.2) is 19.1 Å². The fraction of sp³-hybridized carbons (Fsp3) is 0.381. The Hall–Kier alpha value is -2.49. The van der Waals surface area contributed by atoms with Crippen molar-refractivity contribution in [2.45, 2.75) is 33.6 Å². The van der Waals surface area contributed by atoms with Gasteiger partial charge in [0.15, 0.2) is 0 Å². The van der Waals surface area contributed by atoms with Gasteiger partial charge >= 0.3 is 0 Å².